The predicted octanol–water partition coefficient (Wildman–Crippen LogP) is 0.754. The van der Waals surface area contributed by atoms with Crippen LogP contribution in [0.3, 0.4) is 0 Å². The van der Waals surface area contributed by atoms with Gasteiger partial charge in [0.05, 0.1) is 11.4 Å². The molecule has 1 N–H and O–H groups in total. The molecule has 2 aromatic rings. The molecule has 128 valence electrons. The molecular weight excluding hydrogens is 350 g/mol. The number of rotatable bonds is 5. The maximum atomic E-state index is 12.6. The Hall–Kier alpha value is -1.91. The summed E-state index contributed by atoms with van der Waals surface area (Å²) in [6, 6.07) is 1.71. The standard InChI is InChI=1S/C14H17N5O3S2/c1-2-18-24(21,22)10-4-7-19(9-10)14(20)11-8-17-13(23-11)12-15-5-3-6-16-12/h3,5-6,8,10,18H,2,4,7,9H2,1H3/t10-/m0/s1. The molecule has 3 heterocycles. The first-order valence-corrected chi connectivity index (χ1v) is 9.88. The molecule has 8 nitrogen and oxygen atoms in total. The second kappa shape index (κ2) is 6.91. The van der Waals surface area contributed by atoms with Crippen molar-refractivity contribution in [2.75, 3.05) is 19.6 Å². The molecule has 1 saturated heterocycles. The maximum absolute atomic E-state index is 12.6. The van der Waals surface area contributed by atoms with Crippen LogP contribution in [0, 0.1) is 0 Å². The number of nitrogens with zero attached hydrogens (tertiary/aromatic N) is 4. The summed E-state index contributed by atoms with van der Waals surface area (Å²) in [6.45, 7) is 2.70. The second-order valence-corrected chi connectivity index (χ2v) is 8.38. The highest BCUT2D eigenvalue weighted by Gasteiger charge is 2.35. The van der Waals surface area contributed by atoms with Crippen molar-refractivity contribution >= 4 is 27.3 Å². The van der Waals surface area contributed by atoms with Crippen LogP contribution in [0.25, 0.3) is 10.8 Å². The van der Waals surface area contributed by atoms with E-state index < -0.39 is 15.3 Å². The van der Waals surface area contributed by atoms with Crippen LogP contribution in [0.4, 0.5) is 0 Å². The number of likely N-dealkylation sites (tertiary alicyclic amines) is 1. The lowest BCUT2D eigenvalue weighted by molar-refractivity contribution is 0.0797. The van der Waals surface area contributed by atoms with Crippen molar-refractivity contribution in [1.82, 2.24) is 24.6 Å². The molecule has 10 heteroatoms. The van der Waals surface area contributed by atoms with Crippen molar-refractivity contribution < 1.29 is 13.2 Å². The van der Waals surface area contributed by atoms with Crippen LogP contribution in [0.1, 0.15) is 23.0 Å². The molecule has 1 fully saturated rings. The summed E-state index contributed by atoms with van der Waals surface area (Å²) in [5.74, 6) is 0.263. The zero-order chi connectivity index (χ0) is 17.2. The van der Waals surface area contributed by atoms with E-state index in [-0.39, 0.29) is 12.5 Å². The molecule has 0 saturated carbocycles. The number of hydrogen-bond donors (Lipinski definition) is 1. The van der Waals surface area contributed by atoms with Crippen LogP contribution < -0.4 is 4.72 Å². The topological polar surface area (TPSA) is 105 Å². The predicted molar refractivity (Wildman–Crippen MR) is 90.0 cm³/mol. The highest BCUT2D eigenvalue weighted by Crippen LogP contribution is 2.25. The summed E-state index contributed by atoms with van der Waals surface area (Å²) in [6.07, 6.45) is 5.16. The minimum Gasteiger partial charge on any atom is -0.336 e. The van der Waals surface area contributed by atoms with E-state index in [0.29, 0.717) is 35.2 Å². The average Bonchev–Trinajstić information content (AvgIpc) is 3.25. The Kier molecular flexibility index (Phi) is 4.88. The minimum absolute atomic E-state index is 0.198. The van der Waals surface area contributed by atoms with Crippen molar-refractivity contribution in [3.05, 3.63) is 29.5 Å². The molecular formula is C14H17N5O3S2. The van der Waals surface area contributed by atoms with Gasteiger partial charge in [-0.1, -0.05) is 6.92 Å². The highest BCUT2D eigenvalue weighted by molar-refractivity contribution is 7.90. The monoisotopic (exact) mass is 367 g/mol. The molecule has 2 aromatic heterocycles. The Morgan fingerprint density at radius 1 is 1.38 bits per heavy atom. The van der Waals surface area contributed by atoms with Crippen molar-refractivity contribution in [2.45, 2.75) is 18.6 Å². The Bertz CT molecular complexity index is 822. The number of sulfonamides is 1. The van der Waals surface area contributed by atoms with Crippen LogP contribution >= 0.6 is 11.3 Å². The van der Waals surface area contributed by atoms with Crippen LogP contribution in [-0.2, 0) is 10.0 Å². The van der Waals surface area contributed by atoms with Gasteiger partial charge in [0, 0.05) is 32.0 Å². The summed E-state index contributed by atoms with van der Waals surface area (Å²) in [5.41, 5.74) is 0. The van der Waals surface area contributed by atoms with Crippen molar-refractivity contribution in [2.24, 2.45) is 0 Å². The SMILES string of the molecule is CCNS(=O)(=O)[C@H]1CCN(C(=O)c2cnc(-c3ncccn3)s2)C1. The Balaban J connectivity index is 1.71. The lowest BCUT2D eigenvalue weighted by Crippen LogP contribution is -2.37. The summed E-state index contributed by atoms with van der Waals surface area (Å²) in [5, 5.41) is 0.00113. The molecule has 1 amide bonds. The Morgan fingerprint density at radius 3 is 2.83 bits per heavy atom. The fraction of sp³-hybridized carbons (Fsp3) is 0.429. The van der Waals surface area contributed by atoms with Gasteiger partial charge in [-0.3, -0.25) is 4.79 Å². The summed E-state index contributed by atoms with van der Waals surface area (Å²) >= 11 is 1.21. The molecule has 1 atom stereocenters. The quantitative estimate of drug-likeness (QED) is 0.836. The maximum Gasteiger partial charge on any atom is 0.265 e. The Labute approximate surface area is 144 Å². The van der Waals surface area contributed by atoms with Gasteiger partial charge in [0.15, 0.2) is 10.8 Å². The van der Waals surface area contributed by atoms with Gasteiger partial charge in [-0.2, -0.15) is 0 Å². The summed E-state index contributed by atoms with van der Waals surface area (Å²) in [4.78, 5) is 27.0. The first kappa shape index (κ1) is 16.9. The van der Waals surface area contributed by atoms with E-state index in [2.05, 4.69) is 19.7 Å². The van der Waals surface area contributed by atoms with Gasteiger partial charge in [0.1, 0.15) is 4.88 Å². The molecule has 0 radical (unpaired) electrons. The smallest absolute Gasteiger partial charge is 0.265 e. The van der Waals surface area contributed by atoms with Crippen molar-refractivity contribution in [3.63, 3.8) is 0 Å². The fourth-order valence-corrected chi connectivity index (χ4v) is 4.79. The minimum atomic E-state index is -3.37. The number of amides is 1. The summed E-state index contributed by atoms with van der Waals surface area (Å²) < 4.78 is 26.6. The van der Waals surface area contributed by atoms with Gasteiger partial charge in [-0.15, -0.1) is 11.3 Å². The van der Waals surface area contributed by atoms with Gasteiger partial charge in [-0.25, -0.2) is 28.1 Å². The van der Waals surface area contributed by atoms with E-state index in [1.165, 1.54) is 17.5 Å². The van der Waals surface area contributed by atoms with E-state index in [4.69, 9.17) is 0 Å². The molecule has 0 unspecified atom stereocenters. The highest BCUT2D eigenvalue weighted by atomic mass is 32.2. The van der Waals surface area contributed by atoms with Gasteiger partial charge in [0.2, 0.25) is 10.0 Å². The largest absolute Gasteiger partial charge is 0.336 e. The van der Waals surface area contributed by atoms with E-state index in [9.17, 15) is 13.2 Å². The molecule has 1 aliphatic heterocycles. The normalized spacial score (nSPS) is 18.0. The van der Waals surface area contributed by atoms with Gasteiger partial charge >= 0.3 is 0 Å². The van der Waals surface area contributed by atoms with E-state index >= 15 is 0 Å². The average molecular weight is 367 g/mol. The molecule has 0 aromatic carbocycles. The lowest BCUT2D eigenvalue weighted by Gasteiger charge is -2.15. The third-order valence-corrected chi connectivity index (χ3v) is 6.62. The third kappa shape index (κ3) is 3.45. The number of hydrogen-bond acceptors (Lipinski definition) is 7. The molecule has 0 bridgehead atoms. The number of carbonyl (C=O) groups excluding carboxylic acids is 1. The van der Waals surface area contributed by atoms with E-state index in [1.807, 2.05) is 0 Å². The van der Waals surface area contributed by atoms with Crippen LogP contribution in [0.5, 0.6) is 0 Å². The van der Waals surface area contributed by atoms with Gasteiger partial charge in [0.25, 0.3) is 5.91 Å². The summed E-state index contributed by atoms with van der Waals surface area (Å²) in [7, 11) is -3.37. The van der Waals surface area contributed by atoms with Crippen LogP contribution in [0.15, 0.2) is 24.7 Å². The number of thiazole rings is 1. The number of carbonyl (C=O) groups is 1. The van der Waals surface area contributed by atoms with E-state index in [1.54, 1.807) is 30.3 Å². The third-order valence-electron chi connectivity index (χ3n) is 3.69. The molecule has 0 aliphatic carbocycles. The molecule has 24 heavy (non-hydrogen) atoms. The van der Waals surface area contributed by atoms with Crippen LogP contribution in [-0.4, -0.2) is 59.1 Å². The van der Waals surface area contributed by atoms with Gasteiger partial charge in [-0.05, 0) is 12.5 Å². The Morgan fingerprint density at radius 2 is 2.12 bits per heavy atom. The van der Waals surface area contributed by atoms with Gasteiger partial charge < -0.3 is 4.90 Å². The van der Waals surface area contributed by atoms with E-state index in [0.717, 1.165) is 0 Å². The molecule has 0 spiro atoms. The van der Waals surface area contributed by atoms with Crippen LogP contribution in [0.2, 0.25) is 0 Å². The molecule has 1 aliphatic rings. The lowest BCUT2D eigenvalue weighted by atomic mass is 10.4. The van der Waals surface area contributed by atoms with Crippen molar-refractivity contribution in [1.29, 1.82) is 0 Å². The number of aromatic nitrogens is 3. The zero-order valence-corrected chi connectivity index (χ0v) is 14.7. The first-order chi connectivity index (χ1) is 11.5. The van der Waals surface area contributed by atoms with Crippen molar-refractivity contribution in [3.8, 4) is 10.8 Å². The first-order valence-electron chi connectivity index (χ1n) is 7.52. The zero-order valence-electron chi connectivity index (χ0n) is 13.0. The number of nitrogens with one attached hydrogen (secondary N) is 1. The molecule has 3 rings (SSSR count). The second-order valence-electron chi connectivity index (χ2n) is 5.31. The fourth-order valence-electron chi connectivity index (χ4n) is 2.53.